The van der Waals surface area contributed by atoms with E-state index in [0.717, 1.165) is 0 Å². The first-order valence-corrected chi connectivity index (χ1v) is 6.92. The van der Waals surface area contributed by atoms with E-state index < -0.39 is 0 Å². The Balaban J connectivity index is 1.73. The van der Waals surface area contributed by atoms with Crippen LogP contribution in [0.2, 0.25) is 5.02 Å². The fraction of sp³-hybridized carbons (Fsp3) is 0.188. The molecule has 0 fully saturated rings. The molecule has 3 nitrogen and oxygen atoms in total. The van der Waals surface area contributed by atoms with Crippen LogP contribution in [0.3, 0.4) is 0 Å². The van der Waals surface area contributed by atoms with E-state index in [0.29, 0.717) is 29.3 Å². The van der Waals surface area contributed by atoms with Crippen LogP contribution >= 0.6 is 11.6 Å². The number of para-hydroxylation sites is 1. The normalized spacial score (nSPS) is 10.2. The average molecular weight is 308 g/mol. The van der Waals surface area contributed by atoms with Gasteiger partial charge in [0, 0.05) is 6.54 Å². The molecule has 0 aliphatic carbocycles. The molecule has 1 amide bonds. The van der Waals surface area contributed by atoms with Gasteiger partial charge in [-0.25, -0.2) is 4.39 Å². The molecule has 2 aromatic carbocycles. The van der Waals surface area contributed by atoms with Crippen molar-refractivity contribution in [2.45, 2.75) is 6.42 Å². The second-order valence-electron chi connectivity index (χ2n) is 4.41. The Morgan fingerprint density at radius 3 is 2.62 bits per heavy atom. The minimum atomic E-state index is -0.272. The van der Waals surface area contributed by atoms with E-state index in [1.165, 1.54) is 6.07 Å². The van der Waals surface area contributed by atoms with Gasteiger partial charge in [0.15, 0.2) is 6.61 Å². The zero-order valence-electron chi connectivity index (χ0n) is 11.3. The fourth-order valence-electron chi connectivity index (χ4n) is 1.79. The van der Waals surface area contributed by atoms with Crippen molar-refractivity contribution < 1.29 is 13.9 Å². The summed E-state index contributed by atoms with van der Waals surface area (Å²) in [6, 6.07) is 13.4. The standard InChI is InChI=1S/C16H15ClFNO2/c17-13-6-2-4-8-15(13)21-11-16(20)19-10-9-12-5-1-3-7-14(12)18/h1-8H,9-11H2,(H,19,20). The lowest BCUT2D eigenvalue weighted by molar-refractivity contribution is -0.123. The summed E-state index contributed by atoms with van der Waals surface area (Å²) in [7, 11) is 0. The molecule has 0 bridgehead atoms. The fourth-order valence-corrected chi connectivity index (χ4v) is 1.98. The van der Waals surface area contributed by atoms with Crippen molar-refractivity contribution in [2.24, 2.45) is 0 Å². The van der Waals surface area contributed by atoms with Crippen LogP contribution in [0.15, 0.2) is 48.5 Å². The zero-order valence-corrected chi connectivity index (χ0v) is 12.1. The van der Waals surface area contributed by atoms with Gasteiger partial charge >= 0.3 is 0 Å². The molecule has 110 valence electrons. The van der Waals surface area contributed by atoms with Crippen LogP contribution in [-0.2, 0) is 11.2 Å². The lowest BCUT2D eigenvalue weighted by Crippen LogP contribution is -2.30. The molecule has 5 heteroatoms. The second-order valence-corrected chi connectivity index (χ2v) is 4.82. The number of nitrogens with one attached hydrogen (secondary N) is 1. The Labute approximate surface area is 127 Å². The van der Waals surface area contributed by atoms with Gasteiger partial charge in [-0.05, 0) is 30.2 Å². The summed E-state index contributed by atoms with van der Waals surface area (Å²) >= 11 is 5.91. The van der Waals surface area contributed by atoms with Crippen molar-refractivity contribution in [1.29, 1.82) is 0 Å². The predicted molar refractivity (Wildman–Crippen MR) is 80.1 cm³/mol. The molecule has 2 rings (SSSR count). The third-order valence-electron chi connectivity index (χ3n) is 2.87. The van der Waals surface area contributed by atoms with Gasteiger partial charge in [0.05, 0.1) is 5.02 Å². The number of carbonyl (C=O) groups is 1. The number of hydrogen-bond acceptors (Lipinski definition) is 2. The largest absolute Gasteiger partial charge is 0.482 e. The molecule has 0 saturated heterocycles. The highest BCUT2D eigenvalue weighted by atomic mass is 35.5. The first-order valence-electron chi connectivity index (χ1n) is 6.54. The summed E-state index contributed by atoms with van der Waals surface area (Å²) in [6.45, 7) is 0.229. The molecule has 0 aromatic heterocycles. The van der Waals surface area contributed by atoms with Crippen molar-refractivity contribution in [3.8, 4) is 5.75 Å². The number of rotatable bonds is 6. The maximum absolute atomic E-state index is 13.4. The highest BCUT2D eigenvalue weighted by molar-refractivity contribution is 6.32. The molecule has 0 aliphatic rings. The summed E-state index contributed by atoms with van der Waals surface area (Å²) in [5, 5.41) is 3.13. The van der Waals surface area contributed by atoms with Gasteiger partial charge in [0.25, 0.3) is 5.91 Å². The molecule has 0 atom stereocenters. The Bertz CT molecular complexity index is 619. The summed E-state index contributed by atoms with van der Waals surface area (Å²) < 4.78 is 18.7. The maximum atomic E-state index is 13.4. The molecule has 0 radical (unpaired) electrons. The number of carbonyl (C=O) groups excluding carboxylic acids is 1. The van der Waals surface area contributed by atoms with Crippen LogP contribution < -0.4 is 10.1 Å². The van der Waals surface area contributed by atoms with Gasteiger partial charge in [-0.3, -0.25) is 4.79 Å². The zero-order chi connectivity index (χ0) is 15.1. The Morgan fingerprint density at radius 2 is 1.86 bits per heavy atom. The maximum Gasteiger partial charge on any atom is 0.257 e. The molecular weight excluding hydrogens is 293 g/mol. The van der Waals surface area contributed by atoms with E-state index in [1.807, 2.05) is 0 Å². The molecule has 1 N–H and O–H groups in total. The average Bonchev–Trinajstić information content (AvgIpc) is 2.48. The number of hydrogen-bond donors (Lipinski definition) is 1. The molecule has 21 heavy (non-hydrogen) atoms. The molecule has 2 aromatic rings. The van der Waals surface area contributed by atoms with Crippen LogP contribution in [0.4, 0.5) is 4.39 Å². The van der Waals surface area contributed by atoms with E-state index in [-0.39, 0.29) is 18.3 Å². The first-order chi connectivity index (χ1) is 10.2. The van der Waals surface area contributed by atoms with Gasteiger partial charge in [0.2, 0.25) is 0 Å². The van der Waals surface area contributed by atoms with Gasteiger partial charge in [-0.2, -0.15) is 0 Å². The lowest BCUT2D eigenvalue weighted by Gasteiger charge is -2.09. The Morgan fingerprint density at radius 1 is 1.14 bits per heavy atom. The van der Waals surface area contributed by atoms with Gasteiger partial charge in [-0.1, -0.05) is 41.9 Å². The lowest BCUT2D eigenvalue weighted by atomic mass is 10.1. The van der Waals surface area contributed by atoms with E-state index in [2.05, 4.69) is 5.32 Å². The summed E-state index contributed by atoms with van der Waals surface area (Å²) in [6.07, 6.45) is 0.435. The Kier molecular flexibility index (Phi) is 5.58. The Hall–Kier alpha value is -2.07. The molecular formula is C16H15ClFNO2. The van der Waals surface area contributed by atoms with Crippen LogP contribution in [0.25, 0.3) is 0 Å². The smallest absolute Gasteiger partial charge is 0.257 e. The summed E-state index contributed by atoms with van der Waals surface area (Å²) in [5.41, 5.74) is 0.574. The molecule has 0 heterocycles. The van der Waals surface area contributed by atoms with Crippen molar-refractivity contribution in [3.05, 3.63) is 64.9 Å². The minimum absolute atomic E-state index is 0.124. The highest BCUT2D eigenvalue weighted by Crippen LogP contribution is 2.22. The molecule has 0 aliphatic heterocycles. The van der Waals surface area contributed by atoms with Crippen molar-refractivity contribution in [3.63, 3.8) is 0 Å². The van der Waals surface area contributed by atoms with E-state index in [4.69, 9.17) is 16.3 Å². The monoisotopic (exact) mass is 307 g/mol. The van der Waals surface area contributed by atoms with E-state index in [9.17, 15) is 9.18 Å². The van der Waals surface area contributed by atoms with Crippen LogP contribution in [0.1, 0.15) is 5.56 Å². The number of amides is 1. The number of ether oxygens (including phenoxy) is 1. The molecule has 0 spiro atoms. The van der Waals surface area contributed by atoms with Crippen molar-refractivity contribution >= 4 is 17.5 Å². The van der Waals surface area contributed by atoms with Gasteiger partial charge in [0.1, 0.15) is 11.6 Å². The van der Waals surface area contributed by atoms with Crippen molar-refractivity contribution in [1.82, 2.24) is 5.32 Å². The molecule has 0 unspecified atom stereocenters. The third kappa shape index (κ3) is 4.76. The van der Waals surface area contributed by atoms with Gasteiger partial charge < -0.3 is 10.1 Å². The second kappa shape index (κ2) is 7.64. The number of benzene rings is 2. The van der Waals surface area contributed by atoms with Crippen LogP contribution in [0, 0.1) is 5.82 Å². The van der Waals surface area contributed by atoms with Crippen LogP contribution in [-0.4, -0.2) is 19.1 Å². The predicted octanol–water partition coefficient (Wildman–Crippen LogP) is 3.22. The topological polar surface area (TPSA) is 38.3 Å². The van der Waals surface area contributed by atoms with E-state index in [1.54, 1.807) is 42.5 Å². The van der Waals surface area contributed by atoms with Crippen LogP contribution in [0.5, 0.6) is 5.75 Å². The third-order valence-corrected chi connectivity index (χ3v) is 3.18. The quantitative estimate of drug-likeness (QED) is 0.890. The number of halogens is 2. The minimum Gasteiger partial charge on any atom is -0.482 e. The van der Waals surface area contributed by atoms with Gasteiger partial charge in [-0.15, -0.1) is 0 Å². The highest BCUT2D eigenvalue weighted by Gasteiger charge is 2.06. The summed E-state index contributed by atoms with van der Waals surface area (Å²) in [4.78, 5) is 11.6. The molecule has 0 saturated carbocycles. The van der Waals surface area contributed by atoms with E-state index >= 15 is 0 Å². The first kappa shape index (κ1) is 15.3. The van der Waals surface area contributed by atoms with Crippen molar-refractivity contribution in [2.75, 3.05) is 13.2 Å². The SMILES string of the molecule is O=C(COc1ccccc1Cl)NCCc1ccccc1F. The summed E-state index contributed by atoms with van der Waals surface area (Å²) in [5.74, 6) is -0.0752.